The van der Waals surface area contributed by atoms with Crippen molar-refractivity contribution in [2.24, 2.45) is 0 Å². The number of carbonyl (C=O) groups is 1. The number of rotatable bonds is 12. The Labute approximate surface area is 170 Å². The van der Waals surface area contributed by atoms with Gasteiger partial charge in [0, 0.05) is 13.0 Å². The lowest BCUT2D eigenvalue weighted by atomic mass is 10.2. The Bertz CT molecular complexity index is 641. The Morgan fingerprint density at radius 3 is 2.04 bits per heavy atom. The molecular formula is C23H32NO3P. The summed E-state index contributed by atoms with van der Waals surface area (Å²) < 4.78 is 10.7. The molecule has 152 valence electrons. The molecule has 0 saturated carbocycles. The zero-order valence-corrected chi connectivity index (χ0v) is 18.0. The molecule has 1 N–H and O–H groups in total. The number of amides is 1. The lowest BCUT2D eigenvalue weighted by Crippen LogP contribution is -2.39. The highest BCUT2D eigenvalue weighted by atomic mass is 31.1. The van der Waals surface area contributed by atoms with Crippen molar-refractivity contribution < 1.29 is 14.3 Å². The molecule has 0 radical (unpaired) electrons. The summed E-state index contributed by atoms with van der Waals surface area (Å²) in [7, 11) is -0.602. The predicted octanol–water partition coefficient (Wildman–Crippen LogP) is 3.80. The normalized spacial score (nSPS) is 13.3. The molecular weight excluding hydrogens is 369 g/mol. The average molecular weight is 401 g/mol. The Kier molecular flexibility index (Phi) is 10.2. The first-order valence-corrected chi connectivity index (χ1v) is 11.4. The standard InChI is InChI=1S/C23H32NO3P/c1-4-20(17-27-18-26-5-2)24-23(25)16-19(3)28(21-12-8-6-9-13-21)22-14-10-7-11-15-22/h6-15,19-20H,4-5,16-18H2,1-3H3,(H,24,25)/t19-,20+/m0/s1. The molecule has 1 amide bonds. The first-order valence-electron chi connectivity index (χ1n) is 9.99. The molecule has 28 heavy (non-hydrogen) atoms. The van der Waals surface area contributed by atoms with Crippen molar-refractivity contribution in [2.45, 2.75) is 45.3 Å². The third-order valence-corrected chi connectivity index (χ3v) is 7.31. The molecule has 0 fully saturated rings. The van der Waals surface area contributed by atoms with Gasteiger partial charge in [0.1, 0.15) is 6.79 Å². The van der Waals surface area contributed by atoms with Crippen molar-refractivity contribution in [3.05, 3.63) is 60.7 Å². The highest BCUT2D eigenvalue weighted by molar-refractivity contribution is 7.73. The van der Waals surface area contributed by atoms with E-state index in [2.05, 4.69) is 67.7 Å². The molecule has 0 bridgehead atoms. The smallest absolute Gasteiger partial charge is 0.220 e. The summed E-state index contributed by atoms with van der Waals surface area (Å²) in [6, 6.07) is 21.1. The monoisotopic (exact) mass is 401 g/mol. The molecule has 2 aromatic carbocycles. The fourth-order valence-corrected chi connectivity index (χ4v) is 5.73. The van der Waals surface area contributed by atoms with Crippen LogP contribution in [-0.2, 0) is 14.3 Å². The van der Waals surface area contributed by atoms with E-state index in [1.807, 2.05) is 19.1 Å². The van der Waals surface area contributed by atoms with Gasteiger partial charge >= 0.3 is 0 Å². The maximum Gasteiger partial charge on any atom is 0.220 e. The number of hydrogen-bond donors (Lipinski definition) is 1. The summed E-state index contributed by atoms with van der Waals surface area (Å²) in [5.74, 6) is 0.0822. The molecule has 2 rings (SSSR count). The number of nitrogens with one attached hydrogen (secondary N) is 1. The zero-order chi connectivity index (χ0) is 20.2. The van der Waals surface area contributed by atoms with E-state index in [1.54, 1.807) is 0 Å². The molecule has 0 spiro atoms. The molecule has 0 unspecified atom stereocenters. The van der Waals surface area contributed by atoms with Gasteiger partial charge < -0.3 is 14.8 Å². The van der Waals surface area contributed by atoms with Gasteiger partial charge in [-0.15, -0.1) is 0 Å². The Morgan fingerprint density at radius 2 is 1.54 bits per heavy atom. The minimum Gasteiger partial charge on any atom is -0.356 e. The van der Waals surface area contributed by atoms with E-state index in [-0.39, 0.29) is 24.4 Å². The molecule has 0 heterocycles. The van der Waals surface area contributed by atoms with E-state index < -0.39 is 7.92 Å². The van der Waals surface area contributed by atoms with Gasteiger partial charge in [-0.05, 0) is 37.5 Å². The van der Waals surface area contributed by atoms with Gasteiger partial charge in [0.2, 0.25) is 5.91 Å². The Balaban J connectivity index is 2.00. The van der Waals surface area contributed by atoms with Crippen molar-refractivity contribution in [2.75, 3.05) is 20.0 Å². The topological polar surface area (TPSA) is 47.6 Å². The average Bonchev–Trinajstić information content (AvgIpc) is 2.72. The third kappa shape index (κ3) is 7.35. The second kappa shape index (κ2) is 12.7. The zero-order valence-electron chi connectivity index (χ0n) is 17.1. The molecule has 0 aliphatic rings. The lowest BCUT2D eigenvalue weighted by molar-refractivity contribution is -0.123. The largest absolute Gasteiger partial charge is 0.356 e. The predicted molar refractivity (Wildman–Crippen MR) is 118 cm³/mol. The number of benzene rings is 2. The van der Waals surface area contributed by atoms with Crippen LogP contribution < -0.4 is 15.9 Å². The van der Waals surface area contributed by atoms with Crippen LogP contribution >= 0.6 is 7.92 Å². The molecule has 0 saturated heterocycles. The van der Waals surface area contributed by atoms with E-state index >= 15 is 0 Å². The summed E-state index contributed by atoms with van der Waals surface area (Å²) in [5, 5.41) is 5.73. The van der Waals surface area contributed by atoms with Crippen LogP contribution in [0.25, 0.3) is 0 Å². The van der Waals surface area contributed by atoms with Crippen LogP contribution in [0.1, 0.15) is 33.6 Å². The van der Waals surface area contributed by atoms with E-state index in [1.165, 1.54) is 10.6 Å². The number of carbonyl (C=O) groups excluding carboxylic acids is 1. The summed E-state index contributed by atoms with van der Waals surface area (Å²) in [6.07, 6.45) is 1.33. The fourth-order valence-electron chi connectivity index (χ4n) is 3.08. The summed E-state index contributed by atoms with van der Waals surface area (Å²) in [4.78, 5) is 12.7. The molecule has 2 atom stereocenters. The van der Waals surface area contributed by atoms with Crippen LogP contribution in [-0.4, -0.2) is 37.6 Å². The molecule has 2 aromatic rings. The molecule has 0 aliphatic carbocycles. The maximum absolute atomic E-state index is 12.7. The Morgan fingerprint density at radius 1 is 0.964 bits per heavy atom. The van der Waals surface area contributed by atoms with E-state index in [0.717, 1.165) is 6.42 Å². The van der Waals surface area contributed by atoms with Gasteiger partial charge in [-0.2, -0.15) is 0 Å². The quantitative estimate of drug-likeness (QED) is 0.334. The van der Waals surface area contributed by atoms with Gasteiger partial charge in [-0.1, -0.05) is 74.5 Å². The van der Waals surface area contributed by atoms with Crippen LogP contribution in [0.3, 0.4) is 0 Å². The van der Waals surface area contributed by atoms with Crippen molar-refractivity contribution in [3.8, 4) is 0 Å². The minimum absolute atomic E-state index is 0.0137. The first-order chi connectivity index (χ1) is 13.7. The molecule has 4 nitrogen and oxygen atoms in total. The number of hydrogen-bond acceptors (Lipinski definition) is 3. The lowest BCUT2D eigenvalue weighted by Gasteiger charge is -2.26. The highest BCUT2D eigenvalue weighted by Crippen LogP contribution is 2.40. The number of ether oxygens (including phenoxy) is 2. The van der Waals surface area contributed by atoms with Crippen LogP contribution in [0.15, 0.2) is 60.7 Å². The maximum atomic E-state index is 12.7. The molecule has 0 aliphatic heterocycles. The van der Waals surface area contributed by atoms with Crippen molar-refractivity contribution >= 4 is 24.4 Å². The SMILES string of the molecule is CCOCOC[C@@H](CC)NC(=O)C[C@H](C)P(c1ccccc1)c1ccccc1. The molecule has 5 heteroatoms. The van der Waals surface area contributed by atoms with Gasteiger partial charge in [0.15, 0.2) is 0 Å². The highest BCUT2D eigenvalue weighted by Gasteiger charge is 2.24. The van der Waals surface area contributed by atoms with E-state index in [0.29, 0.717) is 19.6 Å². The van der Waals surface area contributed by atoms with Crippen LogP contribution in [0.5, 0.6) is 0 Å². The fraction of sp³-hybridized carbons (Fsp3) is 0.435. The minimum atomic E-state index is -0.602. The van der Waals surface area contributed by atoms with E-state index in [9.17, 15) is 4.79 Å². The van der Waals surface area contributed by atoms with Gasteiger partial charge in [0.05, 0.1) is 12.6 Å². The van der Waals surface area contributed by atoms with Crippen LogP contribution in [0.2, 0.25) is 0 Å². The summed E-state index contributed by atoms with van der Waals surface area (Å²) in [6.45, 7) is 7.54. The summed E-state index contributed by atoms with van der Waals surface area (Å²) >= 11 is 0. The third-order valence-electron chi connectivity index (χ3n) is 4.54. The van der Waals surface area contributed by atoms with Crippen molar-refractivity contribution in [3.63, 3.8) is 0 Å². The van der Waals surface area contributed by atoms with Crippen LogP contribution in [0, 0.1) is 0 Å². The second-order valence-corrected chi connectivity index (χ2v) is 9.40. The van der Waals surface area contributed by atoms with Gasteiger partial charge in [0.25, 0.3) is 0 Å². The van der Waals surface area contributed by atoms with Crippen LogP contribution in [0.4, 0.5) is 0 Å². The van der Waals surface area contributed by atoms with E-state index in [4.69, 9.17) is 9.47 Å². The van der Waals surface area contributed by atoms with Crippen molar-refractivity contribution in [1.29, 1.82) is 0 Å². The van der Waals surface area contributed by atoms with Gasteiger partial charge in [-0.3, -0.25) is 4.79 Å². The van der Waals surface area contributed by atoms with Crippen molar-refractivity contribution in [1.82, 2.24) is 5.32 Å². The Hall–Kier alpha value is -1.74. The molecule has 0 aromatic heterocycles. The van der Waals surface area contributed by atoms with Gasteiger partial charge in [-0.25, -0.2) is 0 Å². The summed E-state index contributed by atoms with van der Waals surface area (Å²) in [5.41, 5.74) is 0.238. The first kappa shape index (κ1) is 22.5. The second-order valence-electron chi connectivity index (χ2n) is 6.75.